The van der Waals surface area contributed by atoms with Crippen molar-refractivity contribution in [2.24, 2.45) is 5.92 Å². The number of nitrogens with one attached hydrogen (secondary N) is 1. The maximum atomic E-state index is 14.7. The Hall–Kier alpha value is -3.55. The third kappa shape index (κ3) is 3.41. The van der Waals surface area contributed by atoms with E-state index in [2.05, 4.69) is 10.2 Å². The van der Waals surface area contributed by atoms with Crippen LogP contribution in [0.4, 0.5) is 4.39 Å². The zero-order valence-electron chi connectivity index (χ0n) is 18.0. The Morgan fingerprint density at radius 3 is 2.48 bits per heavy atom. The first-order chi connectivity index (χ1) is 16.0. The van der Waals surface area contributed by atoms with E-state index in [4.69, 9.17) is 0 Å². The molecule has 0 radical (unpaired) electrons. The zero-order chi connectivity index (χ0) is 22.7. The average Bonchev–Trinajstić information content (AvgIpc) is 3.49. The summed E-state index contributed by atoms with van der Waals surface area (Å²) >= 11 is 0. The summed E-state index contributed by atoms with van der Waals surface area (Å²) < 4.78 is 14.7. The first kappa shape index (κ1) is 20.1. The number of likely N-dealkylation sites (tertiary alicyclic amines) is 2. The van der Waals surface area contributed by atoms with Crippen molar-refractivity contribution in [3.63, 3.8) is 0 Å². The van der Waals surface area contributed by atoms with Crippen LogP contribution in [-0.2, 0) is 11.2 Å². The van der Waals surface area contributed by atoms with Gasteiger partial charge in [-0.25, -0.2) is 9.49 Å². The van der Waals surface area contributed by atoms with Gasteiger partial charge in [0.15, 0.2) is 0 Å². The number of rotatable bonds is 4. The summed E-state index contributed by atoms with van der Waals surface area (Å²) in [5, 5.41) is 7.97. The monoisotopic (exact) mass is 446 g/mol. The lowest BCUT2D eigenvalue weighted by Gasteiger charge is -2.34. The molecule has 3 fully saturated rings. The van der Waals surface area contributed by atoms with Crippen LogP contribution in [0, 0.1) is 11.7 Å². The minimum Gasteiger partial charge on any atom is -0.336 e. The summed E-state index contributed by atoms with van der Waals surface area (Å²) in [6, 6.07) is 11.7. The first-order valence-electron chi connectivity index (χ1n) is 11.4. The van der Waals surface area contributed by atoms with E-state index in [-0.39, 0.29) is 40.9 Å². The van der Waals surface area contributed by atoms with Gasteiger partial charge in [-0.1, -0.05) is 24.3 Å². The lowest BCUT2D eigenvalue weighted by Crippen LogP contribution is -2.51. The van der Waals surface area contributed by atoms with E-state index >= 15 is 0 Å². The van der Waals surface area contributed by atoms with Crippen LogP contribution in [-0.4, -0.2) is 57.0 Å². The second kappa shape index (κ2) is 7.50. The number of nitrogens with zero attached hydrogens (tertiary/aromatic N) is 3. The smallest absolute Gasteiger partial charge is 0.272 e. The number of piperazine rings is 1. The van der Waals surface area contributed by atoms with Crippen molar-refractivity contribution < 1.29 is 14.0 Å². The van der Waals surface area contributed by atoms with Crippen LogP contribution in [0.3, 0.4) is 0 Å². The van der Waals surface area contributed by atoms with Crippen LogP contribution in [0.5, 0.6) is 0 Å². The normalized spacial score (nSPS) is 21.7. The van der Waals surface area contributed by atoms with Crippen molar-refractivity contribution in [2.45, 2.75) is 37.8 Å². The minimum absolute atomic E-state index is 0.0360. The standard InChI is InChI=1S/C25H23FN4O3/c26-21-8-5-14(10-22-18-3-1-2-4-19(18)23(31)28-27-22)9-20(21)25(33)30-13-16-11-17(30)12-29(16)24(32)15-6-7-15/h1-5,8-9,15-17H,6-7,10-13H2,(H,28,31). The second-order valence-corrected chi connectivity index (χ2v) is 9.30. The molecule has 2 aromatic carbocycles. The molecular formula is C25H23FN4O3. The number of aromatic nitrogens is 2. The topological polar surface area (TPSA) is 86.4 Å². The number of aromatic amines is 1. The number of benzene rings is 2. The summed E-state index contributed by atoms with van der Waals surface area (Å²) in [4.78, 5) is 41.4. The molecule has 7 nitrogen and oxygen atoms in total. The molecule has 33 heavy (non-hydrogen) atoms. The van der Waals surface area contributed by atoms with Crippen molar-refractivity contribution in [1.82, 2.24) is 20.0 Å². The van der Waals surface area contributed by atoms with Gasteiger partial charge in [-0.05, 0) is 43.0 Å². The SMILES string of the molecule is O=C(c1cc(Cc2n[nH]c(=O)c3ccccc23)ccc1F)N1CC2CC1CN2C(=O)C1CC1. The Morgan fingerprint density at radius 2 is 1.76 bits per heavy atom. The number of halogens is 1. The molecule has 3 heterocycles. The van der Waals surface area contributed by atoms with Crippen molar-refractivity contribution in [3.8, 4) is 0 Å². The van der Waals surface area contributed by atoms with E-state index in [1.54, 1.807) is 29.2 Å². The largest absolute Gasteiger partial charge is 0.336 e. The van der Waals surface area contributed by atoms with Crippen LogP contribution in [0.1, 0.15) is 40.9 Å². The van der Waals surface area contributed by atoms with Gasteiger partial charge >= 0.3 is 0 Å². The van der Waals surface area contributed by atoms with Gasteiger partial charge < -0.3 is 9.80 Å². The number of fused-ring (bicyclic) bond motifs is 3. The third-order valence-electron chi connectivity index (χ3n) is 7.12. The van der Waals surface area contributed by atoms with Gasteiger partial charge in [0.2, 0.25) is 5.91 Å². The molecule has 0 spiro atoms. The first-order valence-corrected chi connectivity index (χ1v) is 11.4. The Morgan fingerprint density at radius 1 is 1.03 bits per heavy atom. The van der Waals surface area contributed by atoms with Crippen LogP contribution in [0.2, 0.25) is 0 Å². The van der Waals surface area contributed by atoms with Gasteiger partial charge in [-0.3, -0.25) is 14.4 Å². The molecule has 2 atom stereocenters. The Kier molecular flexibility index (Phi) is 4.57. The summed E-state index contributed by atoms with van der Waals surface area (Å²) in [5.41, 5.74) is 1.17. The van der Waals surface area contributed by atoms with Gasteiger partial charge in [-0.2, -0.15) is 5.10 Å². The summed E-state index contributed by atoms with van der Waals surface area (Å²) in [6.07, 6.45) is 3.05. The van der Waals surface area contributed by atoms with Gasteiger partial charge in [-0.15, -0.1) is 0 Å². The molecule has 3 aromatic rings. The predicted octanol–water partition coefficient (Wildman–Crippen LogP) is 2.49. The molecule has 2 saturated heterocycles. The van der Waals surface area contributed by atoms with E-state index < -0.39 is 5.82 Å². The second-order valence-electron chi connectivity index (χ2n) is 9.30. The average molecular weight is 446 g/mol. The molecule has 1 aromatic heterocycles. The summed E-state index contributed by atoms with van der Waals surface area (Å²) in [6.45, 7) is 0.998. The van der Waals surface area contributed by atoms with E-state index in [0.717, 1.165) is 30.2 Å². The molecular weight excluding hydrogens is 423 g/mol. The quantitative estimate of drug-likeness (QED) is 0.667. The van der Waals surface area contributed by atoms with Gasteiger partial charge in [0.1, 0.15) is 5.82 Å². The highest BCUT2D eigenvalue weighted by Crippen LogP contribution is 2.38. The fraction of sp³-hybridized carbons (Fsp3) is 0.360. The molecule has 1 N–H and O–H groups in total. The molecule has 2 amide bonds. The predicted molar refractivity (Wildman–Crippen MR) is 119 cm³/mol. The molecule has 2 aliphatic heterocycles. The van der Waals surface area contributed by atoms with Crippen molar-refractivity contribution >= 4 is 22.6 Å². The molecule has 2 unspecified atom stereocenters. The molecule has 1 saturated carbocycles. The van der Waals surface area contributed by atoms with Gasteiger partial charge in [0.05, 0.1) is 28.7 Å². The molecule has 1 aliphatic carbocycles. The van der Waals surface area contributed by atoms with Gasteiger partial charge in [0.25, 0.3) is 11.5 Å². The molecule has 168 valence electrons. The van der Waals surface area contributed by atoms with Crippen molar-refractivity contribution in [3.05, 3.63) is 75.5 Å². The highest BCUT2D eigenvalue weighted by molar-refractivity contribution is 5.95. The fourth-order valence-electron chi connectivity index (χ4n) is 5.25. The highest BCUT2D eigenvalue weighted by Gasteiger charge is 2.49. The number of carbonyl (C=O) groups is 2. The number of hydrogen-bond acceptors (Lipinski definition) is 4. The third-order valence-corrected chi connectivity index (χ3v) is 7.12. The summed E-state index contributed by atoms with van der Waals surface area (Å²) in [7, 11) is 0. The minimum atomic E-state index is -0.559. The maximum Gasteiger partial charge on any atom is 0.272 e. The van der Waals surface area contributed by atoms with Crippen LogP contribution in [0.25, 0.3) is 10.8 Å². The van der Waals surface area contributed by atoms with Crippen LogP contribution >= 0.6 is 0 Å². The number of amides is 2. The van der Waals surface area contributed by atoms with Crippen molar-refractivity contribution in [2.75, 3.05) is 13.1 Å². The Bertz CT molecular complexity index is 1350. The number of carbonyl (C=O) groups excluding carboxylic acids is 2. The van der Waals surface area contributed by atoms with E-state index in [9.17, 15) is 18.8 Å². The van der Waals surface area contributed by atoms with E-state index in [1.807, 2.05) is 17.0 Å². The van der Waals surface area contributed by atoms with Crippen molar-refractivity contribution in [1.29, 1.82) is 0 Å². The van der Waals surface area contributed by atoms with Crippen LogP contribution < -0.4 is 5.56 Å². The fourth-order valence-corrected chi connectivity index (χ4v) is 5.25. The van der Waals surface area contributed by atoms with E-state index in [0.29, 0.717) is 30.6 Å². The zero-order valence-corrected chi connectivity index (χ0v) is 18.0. The Balaban J connectivity index is 1.24. The number of hydrogen-bond donors (Lipinski definition) is 1. The molecule has 8 heteroatoms. The maximum absolute atomic E-state index is 14.7. The highest BCUT2D eigenvalue weighted by atomic mass is 19.1. The lowest BCUT2D eigenvalue weighted by molar-refractivity contribution is -0.134. The van der Waals surface area contributed by atoms with Crippen LogP contribution in [0.15, 0.2) is 47.3 Å². The lowest BCUT2D eigenvalue weighted by atomic mass is 10.0. The molecule has 6 rings (SSSR count). The molecule has 3 aliphatic rings. The Labute approximate surface area is 189 Å². The summed E-state index contributed by atoms with van der Waals surface area (Å²) in [5.74, 6) is -0.514. The number of H-pyrrole nitrogens is 1. The van der Waals surface area contributed by atoms with E-state index in [1.165, 1.54) is 6.07 Å². The molecule has 2 bridgehead atoms. The van der Waals surface area contributed by atoms with Gasteiger partial charge in [0, 0.05) is 30.8 Å².